The molecular formula is C10H11BrClNO2. The van der Waals surface area contributed by atoms with Crippen LogP contribution in [-0.4, -0.2) is 16.3 Å². The van der Waals surface area contributed by atoms with Crippen LogP contribution in [0.2, 0.25) is 5.02 Å². The topological polar surface area (TPSA) is 49.3 Å². The Kier molecular flexibility index (Phi) is 4.91. The first-order valence-electron chi connectivity index (χ1n) is 4.43. The van der Waals surface area contributed by atoms with E-state index in [4.69, 9.17) is 11.6 Å². The molecule has 1 aromatic rings. The summed E-state index contributed by atoms with van der Waals surface area (Å²) in [6, 6.07) is 4.74. The Labute approximate surface area is 102 Å². The Hall–Kier alpha value is -0.740. The molecule has 0 aliphatic rings. The summed E-state index contributed by atoms with van der Waals surface area (Å²) in [7, 11) is 0. The second kappa shape index (κ2) is 5.98. The van der Waals surface area contributed by atoms with Crippen molar-refractivity contribution in [1.82, 2.24) is 5.32 Å². The van der Waals surface area contributed by atoms with Gasteiger partial charge in [0.15, 0.2) is 0 Å². The van der Waals surface area contributed by atoms with Gasteiger partial charge in [-0.1, -0.05) is 27.5 Å². The van der Waals surface area contributed by atoms with E-state index in [1.54, 1.807) is 12.1 Å². The van der Waals surface area contributed by atoms with Crippen molar-refractivity contribution in [3.05, 3.63) is 28.8 Å². The van der Waals surface area contributed by atoms with E-state index >= 15 is 0 Å². The highest BCUT2D eigenvalue weighted by molar-refractivity contribution is 9.09. The molecule has 5 heteroatoms. The zero-order valence-corrected chi connectivity index (χ0v) is 10.3. The highest BCUT2D eigenvalue weighted by atomic mass is 79.9. The smallest absolute Gasteiger partial charge is 0.221 e. The van der Waals surface area contributed by atoms with Gasteiger partial charge in [-0.3, -0.25) is 4.79 Å². The molecule has 0 saturated heterocycles. The predicted octanol–water partition coefficient (Wildman–Crippen LogP) is 2.45. The first-order chi connectivity index (χ1) is 7.13. The summed E-state index contributed by atoms with van der Waals surface area (Å²) < 4.78 is 0. The van der Waals surface area contributed by atoms with Gasteiger partial charge in [-0.25, -0.2) is 0 Å². The van der Waals surface area contributed by atoms with E-state index in [1.165, 1.54) is 6.07 Å². The molecule has 0 aliphatic carbocycles. The zero-order chi connectivity index (χ0) is 11.3. The number of hydrogen-bond acceptors (Lipinski definition) is 2. The monoisotopic (exact) mass is 291 g/mol. The molecule has 0 unspecified atom stereocenters. The molecule has 0 saturated carbocycles. The summed E-state index contributed by atoms with van der Waals surface area (Å²) in [6.07, 6.45) is 0.418. The molecule has 1 aromatic carbocycles. The van der Waals surface area contributed by atoms with Gasteiger partial charge in [-0.2, -0.15) is 0 Å². The molecular weight excluding hydrogens is 281 g/mol. The first kappa shape index (κ1) is 12.3. The Morgan fingerprint density at radius 1 is 1.53 bits per heavy atom. The fourth-order valence-corrected chi connectivity index (χ4v) is 1.62. The number of amides is 1. The Bertz CT molecular complexity index is 357. The third kappa shape index (κ3) is 4.10. The second-order valence-electron chi connectivity index (χ2n) is 2.99. The third-order valence-corrected chi connectivity index (χ3v) is 2.47. The number of phenolic OH excluding ortho intramolecular Hbond substituents is 1. The maximum absolute atomic E-state index is 11.2. The average molecular weight is 293 g/mol. The second-order valence-corrected chi connectivity index (χ2v) is 4.22. The van der Waals surface area contributed by atoms with E-state index in [9.17, 15) is 9.90 Å². The van der Waals surface area contributed by atoms with Gasteiger partial charge in [0, 0.05) is 28.9 Å². The first-order valence-corrected chi connectivity index (χ1v) is 5.93. The lowest BCUT2D eigenvalue weighted by Crippen LogP contribution is -2.22. The number of aromatic hydroxyl groups is 1. The van der Waals surface area contributed by atoms with Gasteiger partial charge in [0.05, 0.1) is 0 Å². The number of nitrogens with one attached hydrogen (secondary N) is 1. The van der Waals surface area contributed by atoms with Crippen molar-refractivity contribution in [1.29, 1.82) is 0 Å². The zero-order valence-electron chi connectivity index (χ0n) is 7.96. The fraction of sp³-hybridized carbons (Fsp3) is 0.300. The number of hydrogen-bond donors (Lipinski definition) is 2. The van der Waals surface area contributed by atoms with Crippen molar-refractivity contribution in [3.8, 4) is 5.75 Å². The van der Waals surface area contributed by atoms with Crippen LogP contribution in [0.3, 0.4) is 0 Å². The van der Waals surface area contributed by atoms with Gasteiger partial charge < -0.3 is 10.4 Å². The number of carbonyl (C=O) groups is 1. The fourth-order valence-electron chi connectivity index (χ4n) is 1.06. The molecule has 0 aromatic heterocycles. The van der Waals surface area contributed by atoms with Gasteiger partial charge in [0.2, 0.25) is 5.91 Å². The van der Waals surface area contributed by atoms with Crippen LogP contribution < -0.4 is 5.32 Å². The molecule has 3 nitrogen and oxygen atoms in total. The lowest BCUT2D eigenvalue weighted by Gasteiger charge is -2.06. The maximum atomic E-state index is 11.2. The molecule has 0 heterocycles. The van der Waals surface area contributed by atoms with Crippen LogP contribution in [0.4, 0.5) is 0 Å². The minimum Gasteiger partial charge on any atom is -0.508 e. The number of carbonyl (C=O) groups excluding carboxylic acids is 1. The van der Waals surface area contributed by atoms with Crippen LogP contribution in [0.1, 0.15) is 12.0 Å². The van der Waals surface area contributed by atoms with Crippen molar-refractivity contribution >= 4 is 33.4 Å². The molecule has 1 rings (SSSR count). The van der Waals surface area contributed by atoms with Crippen LogP contribution in [0, 0.1) is 0 Å². The summed E-state index contributed by atoms with van der Waals surface area (Å²) in [4.78, 5) is 11.2. The van der Waals surface area contributed by atoms with Gasteiger partial charge in [0.25, 0.3) is 0 Å². The molecule has 0 atom stereocenters. The van der Waals surface area contributed by atoms with E-state index in [-0.39, 0.29) is 18.2 Å². The minimum atomic E-state index is -0.0637. The molecule has 0 bridgehead atoms. The van der Waals surface area contributed by atoms with Crippen LogP contribution >= 0.6 is 27.5 Å². The standard InChI is InChI=1S/C10H11BrClNO2/c11-4-3-10(15)13-6-7-5-8(12)1-2-9(7)14/h1-2,5,14H,3-4,6H2,(H,13,15). The lowest BCUT2D eigenvalue weighted by atomic mass is 10.2. The Morgan fingerprint density at radius 2 is 2.27 bits per heavy atom. The van der Waals surface area contributed by atoms with E-state index in [0.29, 0.717) is 22.3 Å². The Balaban J connectivity index is 2.57. The van der Waals surface area contributed by atoms with Gasteiger partial charge in [-0.05, 0) is 18.2 Å². The summed E-state index contributed by atoms with van der Waals surface area (Å²) in [6.45, 7) is 0.290. The lowest BCUT2D eigenvalue weighted by molar-refractivity contribution is -0.120. The molecule has 15 heavy (non-hydrogen) atoms. The summed E-state index contributed by atoms with van der Waals surface area (Å²) in [5.74, 6) is 0.0739. The maximum Gasteiger partial charge on any atom is 0.221 e. The van der Waals surface area contributed by atoms with Crippen LogP contribution in [-0.2, 0) is 11.3 Å². The normalized spacial score (nSPS) is 10.0. The van der Waals surface area contributed by atoms with E-state index in [2.05, 4.69) is 21.2 Å². The van der Waals surface area contributed by atoms with Crippen molar-refractivity contribution in [2.24, 2.45) is 0 Å². The highest BCUT2D eigenvalue weighted by Crippen LogP contribution is 2.21. The van der Waals surface area contributed by atoms with Gasteiger partial charge in [0.1, 0.15) is 5.75 Å². The van der Waals surface area contributed by atoms with Crippen LogP contribution in [0.25, 0.3) is 0 Å². The molecule has 0 fully saturated rings. The third-order valence-electron chi connectivity index (χ3n) is 1.84. The van der Waals surface area contributed by atoms with E-state index in [1.807, 2.05) is 0 Å². The molecule has 0 aliphatic heterocycles. The number of alkyl halides is 1. The number of rotatable bonds is 4. The van der Waals surface area contributed by atoms with Gasteiger partial charge >= 0.3 is 0 Å². The van der Waals surface area contributed by atoms with Crippen LogP contribution in [0.5, 0.6) is 5.75 Å². The molecule has 2 N–H and O–H groups in total. The largest absolute Gasteiger partial charge is 0.508 e. The number of halogens is 2. The highest BCUT2D eigenvalue weighted by Gasteiger charge is 2.04. The van der Waals surface area contributed by atoms with Gasteiger partial charge in [-0.15, -0.1) is 0 Å². The molecule has 1 amide bonds. The van der Waals surface area contributed by atoms with E-state index < -0.39 is 0 Å². The summed E-state index contributed by atoms with van der Waals surface area (Å²) in [5, 5.41) is 13.3. The minimum absolute atomic E-state index is 0.0637. The molecule has 82 valence electrons. The summed E-state index contributed by atoms with van der Waals surface area (Å²) in [5.41, 5.74) is 0.616. The van der Waals surface area contributed by atoms with Crippen LogP contribution in [0.15, 0.2) is 18.2 Å². The number of benzene rings is 1. The van der Waals surface area contributed by atoms with Crippen molar-refractivity contribution in [2.75, 3.05) is 5.33 Å². The summed E-state index contributed by atoms with van der Waals surface area (Å²) >= 11 is 8.93. The van der Waals surface area contributed by atoms with Crippen molar-refractivity contribution < 1.29 is 9.90 Å². The van der Waals surface area contributed by atoms with Crippen molar-refractivity contribution in [2.45, 2.75) is 13.0 Å². The number of phenols is 1. The molecule has 0 radical (unpaired) electrons. The Morgan fingerprint density at radius 3 is 2.93 bits per heavy atom. The quantitative estimate of drug-likeness (QED) is 0.838. The average Bonchev–Trinajstić information content (AvgIpc) is 2.20. The van der Waals surface area contributed by atoms with Crippen molar-refractivity contribution in [3.63, 3.8) is 0 Å². The molecule has 0 spiro atoms. The van der Waals surface area contributed by atoms with E-state index in [0.717, 1.165) is 0 Å². The predicted molar refractivity (Wildman–Crippen MR) is 63.4 cm³/mol. The SMILES string of the molecule is O=C(CCBr)NCc1cc(Cl)ccc1O.